The Morgan fingerprint density at radius 1 is 1.40 bits per heavy atom. The molecule has 1 amide bonds. The van der Waals surface area contributed by atoms with Gasteiger partial charge in [-0.05, 0) is 18.2 Å². The second kappa shape index (κ2) is 6.11. The lowest BCUT2D eigenvalue weighted by Gasteiger charge is -2.09. The van der Waals surface area contributed by atoms with Gasteiger partial charge in [0, 0.05) is 16.2 Å². The molecule has 0 fully saturated rings. The lowest BCUT2D eigenvalue weighted by molar-refractivity contribution is 0.102. The first kappa shape index (κ1) is 14.6. The Kier molecular flexibility index (Phi) is 4.46. The van der Waals surface area contributed by atoms with Crippen molar-refractivity contribution in [1.29, 1.82) is 0 Å². The monoisotopic (exact) mass is 355 g/mol. The third-order valence-corrected chi connectivity index (χ3v) is 3.18. The highest BCUT2D eigenvalue weighted by atomic mass is 79.9. The van der Waals surface area contributed by atoms with E-state index in [1.54, 1.807) is 25.3 Å². The third-order valence-electron chi connectivity index (χ3n) is 2.51. The maximum Gasteiger partial charge on any atom is 0.257 e. The van der Waals surface area contributed by atoms with Crippen LogP contribution in [0.25, 0.3) is 0 Å². The van der Waals surface area contributed by atoms with Crippen LogP contribution >= 0.6 is 27.5 Å². The van der Waals surface area contributed by atoms with Crippen molar-refractivity contribution in [2.45, 2.75) is 0 Å². The van der Waals surface area contributed by atoms with Crippen molar-refractivity contribution in [3.63, 3.8) is 0 Å². The molecule has 3 N–H and O–H groups in total. The number of benzene rings is 1. The number of aromatic nitrogens is 1. The largest absolute Gasteiger partial charge is 0.497 e. The van der Waals surface area contributed by atoms with Crippen LogP contribution in [-0.4, -0.2) is 18.0 Å². The number of anilines is 2. The van der Waals surface area contributed by atoms with E-state index in [1.807, 2.05) is 0 Å². The first-order chi connectivity index (χ1) is 9.49. The zero-order chi connectivity index (χ0) is 14.7. The summed E-state index contributed by atoms with van der Waals surface area (Å²) in [7, 11) is 1.55. The van der Waals surface area contributed by atoms with Crippen LogP contribution < -0.4 is 15.8 Å². The molecule has 0 aliphatic heterocycles. The molecule has 2 rings (SSSR count). The number of nitrogens with one attached hydrogen (secondary N) is 1. The third kappa shape index (κ3) is 3.40. The SMILES string of the molecule is COc1cc(Br)cc(NC(=O)c2cc(Cl)ncc2N)c1. The van der Waals surface area contributed by atoms with Crippen LogP contribution in [0.5, 0.6) is 5.75 Å². The summed E-state index contributed by atoms with van der Waals surface area (Å²) < 4.78 is 5.91. The number of rotatable bonds is 3. The summed E-state index contributed by atoms with van der Waals surface area (Å²) in [6.45, 7) is 0. The van der Waals surface area contributed by atoms with E-state index in [-0.39, 0.29) is 22.3 Å². The topological polar surface area (TPSA) is 77.2 Å². The number of hydrogen-bond acceptors (Lipinski definition) is 4. The lowest BCUT2D eigenvalue weighted by atomic mass is 10.2. The fourth-order valence-electron chi connectivity index (χ4n) is 1.59. The van der Waals surface area contributed by atoms with Gasteiger partial charge in [0.25, 0.3) is 5.91 Å². The number of carbonyl (C=O) groups excluding carboxylic acids is 1. The van der Waals surface area contributed by atoms with Crippen LogP contribution in [0.4, 0.5) is 11.4 Å². The molecule has 0 radical (unpaired) electrons. The summed E-state index contributed by atoms with van der Waals surface area (Å²) in [6.07, 6.45) is 1.35. The van der Waals surface area contributed by atoms with Gasteiger partial charge in [-0.15, -0.1) is 0 Å². The van der Waals surface area contributed by atoms with Crippen LogP contribution in [0.15, 0.2) is 34.9 Å². The summed E-state index contributed by atoms with van der Waals surface area (Å²) in [4.78, 5) is 16.0. The number of carbonyl (C=O) groups is 1. The van der Waals surface area contributed by atoms with Crippen LogP contribution in [0.3, 0.4) is 0 Å². The summed E-state index contributed by atoms with van der Waals surface area (Å²) in [5.41, 5.74) is 6.82. The Morgan fingerprint density at radius 3 is 2.85 bits per heavy atom. The number of amides is 1. The molecule has 0 aliphatic rings. The normalized spacial score (nSPS) is 10.2. The van der Waals surface area contributed by atoms with Crippen molar-refractivity contribution in [2.24, 2.45) is 0 Å². The zero-order valence-corrected chi connectivity index (χ0v) is 12.8. The van der Waals surface area contributed by atoms with E-state index < -0.39 is 0 Å². The van der Waals surface area contributed by atoms with Gasteiger partial charge in [0.15, 0.2) is 0 Å². The van der Waals surface area contributed by atoms with Gasteiger partial charge in [0.05, 0.1) is 24.6 Å². The van der Waals surface area contributed by atoms with E-state index in [0.29, 0.717) is 11.4 Å². The zero-order valence-electron chi connectivity index (χ0n) is 10.5. The number of hydrogen-bond donors (Lipinski definition) is 2. The van der Waals surface area contributed by atoms with E-state index in [2.05, 4.69) is 26.2 Å². The van der Waals surface area contributed by atoms with Gasteiger partial charge in [0.1, 0.15) is 10.9 Å². The molecule has 0 spiro atoms. The standard InChI is InChI=1S/C13H11BrClN3O2/c1-20-9-3-7(14)2-8(4-9)18-13(19)10-5-12(15)17-6-11(10)16/h2-6H,16H2,1H3,(H,18,19). The Labute approximate surface area is 129 Å². The first-order valence-corrected chi connectivity index (χ1v) is 6.73. The van der Waals surface area contributed by atoms with Gasteiger partial charge < -0.3 is 15.8 Å². The maximum absolute atomic E-state index is 12.2. The predicted octanol–water partition coefficient (Wildman–Crippen LogP) is 3.34. The van der Waals surface area contributed by atoms with Gasteiger partial charge in [-0.2, -0.15) is 0 Å². The predicted molar refractivity (Wildman–Crippen MR) is 82.3 cm³/mol. The number of ether oxygens (including phenoxy) is 1. The molecule has 20 heavy (non-hydrogen) atoms. The molecule has 1 aromatic heterocycles. The minimum atomic E-state index is -0.369. The average molecular weight is 357 g/mol. The van der Waals surface area contributed by atoms with Gasteiger partial charge in [0.2, 0.25) is 0 Å². The molecule has 5 nitrogen and oxygen atoms in total. The summed E-state index contributed by atoms with van der Waals surface area (Å²) in [5, 5.41) is 2.93. The molecular weight excluding hydrogens is 346 g/mol. The average Bonchev–Trinajstić information content (AvgIpc) is 2.40. The molecule has 1 aromatic carbocycles. The highest BCUT2D eigenvalue weighted by Crippen LogP contribution is 2.25. The van der Waals surface area contributed by atoms with Gasteiger partial charge in [-0.3, -0.25) is 4.79 Å². The highest BCUT2D eigenvalue weighted by Gasteiger charge is 2.12. The molecule has 0 saturated carbocycles. The molecule has 104 valence electrons. The molecule has 0 atom stereocenters. The number of methoxy groups -OCH3 is 1. The van der Waals surface area contributed by atoms with Crippen molar-refractivity contribution >= 4 is 44.8 Å². The second-order valence-corrected chi connectivity index (χ2v) is 5.23. The van der Waals surface area contributed by atoms with Crippen LogP contribution in [-0.2, 0) is 0 Å². The smallest absolute Gasteiger partial charge is 0.257 e. The van der Waals surface area contributed by atoms with E-state index in [9.17, 15) is 4.79 Å². The molecule has 2 aromatic rings. The van der Waals surface area contributed by atoms with Crippen LogP contribution in [0, 0.1) is 0 Å². The number of nitrogens with two attached hydrogens (primary N) is 1. The van der Waals surface area contributed by atoms with Gasteiger partial charge in [-0.25, -0.2) is 4.98 Å². The minimum absolute atomic E-state index is 0.205. The fourth-order valence-corrected chi connectivity index (χ4v) is 2.22. The summed E-state index contributed by atoms with van der Waals surface area (Å²) in [5.74, 6) is 0.252. The van der Waals surface area contributed by atoms with E-state index in [1.165, 1.54) is 12.3 Å². The van der Waals surface area contributed by atoms with Crippen LogP contribution in [0.1, 0.15) is 10.4 Å². The number of nitrogen functional groups attached to an aromatic ring is 1. The van der Waals surface area contributed by atoms with Crippen molar-refractivity contribution in [3.05, 3.63) is 45.7 Å². The molecule has 0 bridgehead atoms. The maximum atomic E-state index is 12.2. The van der Waals surface area contributed by atoms with Gasteiger partial charge >= 0.3 is 0 Å². The number of nitrogens with zero attached hydrogens (tertiary/aromatic N) is 1. The van der Waals surface area contributed by atoms with Crippen molar-refractivity contribution < 1.29 is 9.53 Å². The first-order valence-electron chi connectivity index (χ1n) is 5.56. The van der Waals surface area contributed by atoms with Crippen molar-refractivity contribution in [2.75, 3.05) is 18.2 Å². The molecule has 0 saturated heterocycles. The van der Waals surface area contributed by atoms with E-state index in [4.69, 9.17) is 22.1 Å². The fraction of sp³-hybridized carbons (Fsp3) is 0.0769. The van der Waals surface area contributed by atoms with E-state index in [0.717, 1.165) is 4.47 Å². The number of pyridine rings is 1. The number of halogens is 2. The second-order valence-electron chi connectivity index (χ2n) is 3.93. The summed E-state index contributed by atoms with van der Waals surface area (Å²) in [6, 6.07) is 6.65. The Bertz CT molecular complexity index is 664. The molecule has 0 aliphatic carbocycles. The van der Waals surface area contributed by atoms with Crippen LogP contribution in [0.2, 0.25) is 5.15 Å². The Hall–Kier alpha value is -1.79. The van der Waals surface area contributed by atoms with Crippen molar-refractivity contribution in [1.82, 2.24) is 4.98 Å². The molecule has 1 heterocycles. The highest BCUT2D eigenvalue weighted by molar-refractivity contribution is 9.10. The van der Waals surface area contributed by atoms with Crippen molar-refractivity contribution in [3.8, 4) is 5.75 Å². The molecule has 0 unspecified atom stereocenters. The van der Waals surface area contributed by atoms with Gasteiger partial charge in [-0.1, -0.05) is 27.5 Å². The molecule has 7 heteroatoms. The summed E-state index contributed by atoms with van der Waals surface area (Å²) >= 11 is 9.10. The van der Waals surface area contributed by atoms with E-state index >= 15 is 0 Å². The molecular formula is C13H11BrClN3O2. The Balaban J connectivity index is 2.27. The minimum Gasteiger partial charge on any atom is -0.497 e. The lowest BCUT2D eigenvalue weighted by Crippen LogP contribution is -2.14. The quantitative estimate of drug-likeness (QED) is 0.827. The Morgan fingerprint density at radius 2 is 2.15 bits per heavy atom.